The Morgan fingerprint density at radius 1 is 1.02 bits per heavy atom. The molecule has 234 valence electrons. The number of thiazole rings is 1. The van der Waals surface area contributed by atoms with E-state index in [1.165, 1.54) is 29.2 Å². The van der Waals surface area contributed by atoms with Gasteiger partial charge in [0.05, 0.1) is 22.5 Å². The van der Waals surface area contributed by atoms with Gasteiger partial charge in [0.1, 0.15) is 11.6 Å². The number of amides is 3. The van der Waals surface area contributed by atoms with Gasteiger partial charge in [-0.2, -0.15) is 0 Å². The third-order valence-electron chi connectivity index (χ3n) is 9.60. The maximum absolute atomic E-state index is 14.0. The van der Waals surface area contributed by atoms with Gasteiger partial charge in [-0.25, -0.2) is 4.39 Å². The highest BCUT2D eigenvalue weighted by Crippen LogP contribution is 2.69. The van der Waals surface area contributed by atoms with Crippen molar-refractivity contribution in [3.05, 3.63) is 102 Å². The van der Waals surface area contributed by atoms with Gasteiger partial charge in [0.15, 0.2) is 6.61 Å². The third-order valence-corrected chi connectivity index (χ3v) is 13.0. The van der Waals surface area contributed by atoms with E-state index in [2.05, 4.69) is 26.2 Å². The molecule has 2 saturated carbocycles. The lowest BCUT2D eigenvalue weighted by atomic mass is 9.68. The summed E-state index contributed by atoms with van der Waals surface area (Å²) >= 11 is 12.7. The fourth-order valence-electron chi connectivity index (χ4n) is 7.98. The average molecular weight is 741 g/mol. The summed E-state index contributed by atoms with van der Waals surface area (Å²) in [5.74, 6) is -2.21. The van der Waals surface area contributed by atoms with E-state index in [1.807, 2.05) is 12.1 Å². The Bertz CT molecular complexity index is 1970. The zero-order valence-electron chi connectivity index (χ0n) is 23.7. The Kier molecular flexibility index (Phi) is 7.39. The Hall–Kier alpha value is -3.45. The van der Waals surface area contributed by atoms with E-state index >= 15 is 0 Å². The zero-order valence-corrected chi connectivity index (χ0v) is 27.7. The molecular formula is C33H24BrClFN3O5S2. The van der Waals surface area contributed by atoms with Crippen molar-refractivity contribution in [3.63, 3.8) is 0 Å². The number of carbonyl (C=O) groups is 3. The molecule has 46 heavy (non-hydrogen) atoms. The summed E-state index contributed by atoms with van der Waals surface area (Å²) in [5, 5.41) is 3.90. The van der Waals surface area contributed by atoms with Crippen molar-refractivity contribution < 1.29 is 23.5 Å². The quantitative estimate of drug-likeness (QED) is 0.214. The van der Waals surface area contributed by atoms with Crippen molar-refractivity contribution in [2.24, 2.45) is 29.6 Å². The molecule has 6 unspecified atom stereocenters. The van der Waals surface area contributed by atoms with Gasteiger partial charge < -0.3 is 15.0 Å². The van der Waals surface area contributed by atoms with Gasteiger partial charge in [0.2, 0.25) is 11.8 Å². The van der Waals surface area contributed by atoms with Crippen LogP contribution < -0.4 is 19.8 Å². The summed E-state index contributed by atoms with van der Waals surface area (Å²) in [6.45, 7) is -0.316. The lowest BCUT2D eigenvalue weighted by molar-refractivity contribution is -0.123. The fourth-order valence-corrected chi connectivity index (χ4v) is 11.3. The maximum atomic E-state index is 14.0. The summed E-state index contributed by atoms with van der Waals surface area (Å²) < 4.78 is 20.3. The minimum Gasteiger partial charge on any atom is -0.483 e. The van der Waals surface area contributed by atoms with Crippen LogP contribution in [0.25, 0.3) is 0 Å². The first-order valence-electron chi connectivity index (χ1n) is 14.7. The first kappa shape index (κ1) is 29.9. The number of H-pyrrole nitrogens is 1. The molecule has 8 nitrogen and oxygen atoms in total. The summed E-state index contributed by atoms with van der Waals surface area (Å²) in [7, 11) is 0. The van der Waals surface area contributed by atoms with Crippen LogP contribution in [-0.4, -0.2) is 34.6 Å². The molecular weight excluding hydrogens is 717 g/mol. The van der Waals surface area contributed by atoms with E-state index < -0.39 is 23.6 Å². The number of benzene rings is 3. The van der Waals surface area contributed by atoms with Crippen LogP contribution in [0.4, 0.5) is 15.8 Å². The van der Waals surface area contributed by atoms with Crippen molar-refractivity contribution in [1.29, 1.82) is 0 Å². The van der Waals surface area contributed by atoms with E-state index in [0.29, 0.717) is 22.1 Å². The van der Waals surface area contributed by atoms with Gasteiger partial charge in [0.25, 0.3) is 5.91 Å². The van der Waals surface area contributed by atoms with Gasteiger partial charge in [0, 0.05) is 36.8 Å². The molecule has 2 aliphatic heterocycles. The fraction of sp³-hybridized carbons (Fsp3) is 0.273. The average Bonchev–Trinajstić information content (AvgIpc) is 3.77. The lowest BCUT2D eigenvalue weighted by Gasteiger charge is -2.43. The first-order valence-corrected chi connectivity index (χ1v) is 17.6. The molecule has 3 amide bonds. The number of carbonyl (C=O) groups excluding carboxylic acids is 3. The maximum Gasteiger partial charge on any atom is 0.305 e. The molecule has 3 aromatic carbocycles. The number of nitrogens with one attached hydrogen (secondary N) is 2. The number of imide groups is 1. The smallest absolute Gasteiger partial charge is 0.305 e. The minimum atomic E-state index is -0.465. The van der Waals surface area contributed by atoms with Crippen LogP contribution in [0.3, 0.4) is 0 Å². The van der Waals surface area contributed by atoms with Gasteiger partial charge >= 0.3 is 4.87 Å². The predicted molar refractivity (Wildman–Crippen MR) is 177 cm³/mol. The van der Waals surface area contributed by atoms with E-state index in [9.17, 15) is 23.6 Å². The monoisotopic (exact) mass is 739 g/mol. The van der Waals surface area contributed by atoms with Crippen molar-refractivity contribution in [3.8, 4) is 5.75 Å². The van der Waals surface area contributed by atoms with Crippen molar-refractivity contribution in [2.75, 3.05) is 16.8 Å². The molecule has 1 aromatic heterocycles. The normalized spacial score (nSPS) is 27.4. The largest absolute Gasteiger partial charge is 0.483 e. The summed E-state index contributed by atoms with van der Waals surface area (Å²) in [5.41, 5.74) is 1.72. The number of thioether (sulfide) groups is 1. The number of fused-ring (bicyclic) bond motifs is 9. The predicted octanol–water partition coefficient (Wildman–Crippen LogP) is 6.69. The topological polar surface area (TPSA) is 109 Å². The molecule has 2 N–H and O–H groups in total. The van der Waals surface area contributed by atoms with Crippen LogP contribution in [0.2, 0.25) is 5.02 Å². The standard InChI is InChI=1S/C33H24BrClFN3O5S2/c34-14-1-8-18(9-2-14)39-31(41)26-20-12-21(27(26)32(39)42)28-25(20)24(29-30(45-28)38-33(43)46-29)19-11-15(35)3-10-22(19)44-13-23(40)37-17-6-4-16(36)5-7-17/h1-11,20-21,24-28H,12-13H2,(H,37,40)(H,38,43)/t20?,21?,24-,25?,26?,27?,28?/m1/s1. The highest BCUT2D eigenvalue weighted by atomic mass is 79.9. The van der Waals surface area contributed by atoms with Gasteiger partial charge in [-0.1, -0.05) is 38.9 Å². The second-order valence-corrected chi connectivity index (χ2v) is 15.5. The Morgan fingerprint density at radius 3 is 2.48 bits per heavy atom. The molecule has 8 rings (SSSR count). The molecule has 13 heteroatoms. The van der Waals surface area contributed by atoms with Crippen molar-refractivity contribution in [2.45, 2.75) is 22.6 Å². The SMILES string of the molecule is O=C(COc1ccc(Cl)cc1[C@H]1c2sc(=O)[nH]c2SC2C3CC(C4C(=O)N(c5ccc(Br)cc5)C(=O)C34)C21)Nc1ccc(F)cc1. The van der Waals surface area contributed by atoms with Crippen LogP contribution in [0.1, 0.15) is 22.8 Å². The number of nitrogens with zero attached hydrogens (tertiary/aromatic N) is 1. The number of anilines is 2. The molecule has 4 aromatic rings. The molecule has 3 fully saturated rings. The van der Waals surface area contributed by atoms with Crippen molar-refractivity contribution >= 4 is 79.7 Å². The van der Waals surface area contributed by atoms with E-state index in [-0.39, 0.29) is 52.2 Å². The van der Waals surface area contributed by atoms with Crippen LogP contribution in [0.5, 0.6) is 5.75 Å². The molecule has 1 saturated heterocycles. The summed E-state index contributed by atoms with van der Waals surface area (Å²) in [6, 6.07) is 17.8. The van der Waals surface area contributed by atoms with E-state index in [0.717, 1.165) is 37.7 Å². The number of aromatic nitrogens is 1. The molecule has 4 aliphatic rings. The molecule has 0 radical (unpaired) electrons. The number of halogens is 3. The zero-order chi connectivity index (χ0) is 31.9. The highest BCUT2D eigenvalue weighted by Gasteiger charge is 2.69. The second kappa shape index (κ2) is 11.4. The van der Waals surface area contributed by atoms with E-state index in [4.69, 9.17) is 16.3 Å². The van der Waals surface area contributed by atoms with Gasteiger partial charge in [-0.05, 0) is 90.9 Å². The summed E-state index contributed by atoms with van der Waals surface area (Å²) in [6.07, 6.45) is 0.732. The highest BCUT2D eigenvalue weighted by molar-refractivity contribution is 9.10. The molecule has 0 spiro atoms. The molecule has 2 bridgehead atoms. The Balaban J connectivity index is 1.14. The molecule has 3 heterocycles. The van der Waals surface area contributed by atoms with Crippen LogP contribution in [0, 0.1) is 35.4 Å². The van der Waals surface area contributed by atoms with E-state index in [1.54, 1.807) is 42.1 Å². The Labute approximate surface area is 283 Å². The number of hydrogen-bond acceptors (Lipinski definition) is 7. The van der Waals surface area contributed by atoms with Crippen LogP contribution in [-0.2, 0) is 14.4 Å². The number of hydrogen-bond donors (Lipinski definition) is 2. The molecule has 7 atom stereocenters. The lowest BCUT2D eigenvalue weighted by Crippen LogP contribution is -2.42. The van der Waals surface area contributed by atoms with Crippen LogP contribution >= 0.6 is 50.6 Å². The number of ether oxygens (including phenoxy) is 1. The van der Waals surface area contributed by atoms with Crippen LogP contribution in [0.15, 0.2) is 81.0 Å². The first-order chi connectivity index (χ1) is 22.2. The minimum absolute atomic E-state index is 0.0239. The molecule has 2 aliphatic carbocycles. The third kappa shape index (κ3) is 4.83. The number of rotatable bonds is 6. The van der Waals surface area contributed by atoms with Gasteiger partial charge in [-0.3, -0.25) is 24.1 Å². The number of aromatic amines is 1. The summed E-state index contributed by atoms with van der Waals surface area (Å²) in [4.78, 5) is 58.4. The second-order valence-electron chi connectivity index (χ2n) is 12.0. The van der Waals surface area contributed by atoms with Crippen molar-refractivity contribution in [1.82, 2.24) is 4.98 Å². The Morgan fingerprint density at radius 2 is 1.74 bits per heavy atom. The van der Waals surface area contributed by atoms with Gasteiger partial charge in [-0.15, -0.1) is 11.8 Å².